The summed E-state index contributed by atoms with van der Waals surface area (Å²) in [5, 5.41) is 0. The quantitative estimate of drug-likeness (QED) is 0.816. The standard InChI is InChI=1S/C9H11BrO2S/c1-2-9(11-5-6-12-9)7-3-4-8(10)13-7/h3-4H,2,5-6H2,1H3. The van der Waals surface area contributed by atoms with Crippen LogP contribution in [0.4, 0.5) is 0 Å². The van der Waals surface area contributed by atoms with Crippen LogP contribution in [0.3, 0.4) is 0 Å². The van der Waals surface area contributed by atoms with Gasteiger partial charge in [0.15, 0.2) is 0 Å². The molecule has 13 heavy (non-hydrogen) atoms. The number of ether oxygens (including phenoxy) is 2. The topological polar surface area (TPSA) is 18.5 Å². The molecule has 0 spiro atoms. The van der Waals surface area contributed by atoms with Gasteiger partial charge in [-0.2, -0.15) is 0 Å². The van der Waals surface area contributed by atoms with Crippen molar-refractivity contribution in [3.63, 3.8) is 0 Å². The van der Waals surface area contributed by atoms with E-state index in [9.17, 15) is 0 Å². The monoisotopic (exact) mass is 262 g/mol. The number of rotatable bonds is 2. The highest BCUT2D eigenvalue weighted by molar-refractivity contribution is 9.11. The third kappa shape index (κ3) is 1.68. The minimum Gasteiger partial charge on any atom is -0.343 e. The van der Waals surface area contributed by atoms with E-state index in [4.69, 9.17) is 9.47 Å². The van der Waals surface area contributed by atoms with Crippen LogP contribution < -0.4 is 0 Å². The Hall–Kier alpha value is 0.1000. The van der Waals surface area contributed by atoms with Gasteiger partial charge in [-0.3, -0.25) is 0 Å². The van der Waals surface area contributed by atoms with E-state index in [0.29, 0.717) is 13.2 Å². The minimum atomic E-state index is -0.462. The third-order valence-corrected chi connectivity index (χ3v) is 3.92. The fourth-order valence-corrected chi connectivity index (χ4v) is 3.05. The molecule has 0 bridgehead atoms. The lowest BCUT2D eigenvalue weighted by molar-refractivity contribution is -0.164. The lowest BCUT2D eigenvalue weighted by Crippen LogP contribution is -2.24. The van der Waals surface area contributed by atoms with Crippen molar-refractivity contribution in [1.82, 2.24) is 0 Å². The first-order valence-corrected chi connectivity index (χ1v) is 5.91. The number of hydrogen-bond acceptors (Lipinski definition) is 3. The van der Waals surface area contributed by atoms with E-state index in [0.717, 1.165) is 15.1 Å². The van der Waals surface area contributed by atoms with Gasteiger partial charge >= 0.3 is 0 Å². The fourth-order valence-electron chi connectivity index (χ4n) is 1.49. The molecule has 0 aromatic carbocycles. The smallest absolute Gasteiger partial charge is 0.204 e. The lowest BCUT2D eigenvalue weighted by Gasteiger charge is -2.24. The van der Waals surface area contributed by atoms with Gasteiger partial charge in [0.05, 0.1) is 21.9 Å². The maximum Gasteiger partial charge on any atom is 0.204 e. The van der Waals surface area contributed by atoms with Crippen LogP contribution in [-0.2, 0) is 15.3 Å². The Morgan fingerprint density at radius 3 is 2.62 bits per heavy atom. The summed E-state index contributed by atoms with van der Waals surface area (Å²) in [6.07, 6.45) is 0.861. The van der Waals surface area contributed by atoms with Gasteiger partial charge in [0.25, 0.3) is 0 Å². The summed E-state index contributed by atoms with van der Waals surface area (Å²) in [5.74, 6) is -0.462. The van der Waals surface area contributed by atoms with E-state index in [1.165, 1.54) is 0 Å². The van der Waals surface area contributed by atoms with Gasteiger partial charge in [-0.1, -0.05) is 6.92 Å². The number of halogens is 1. The van der Waals surface area contributed by atoms with Crippen molar-refractivity contribution in [2.75, 3.05) is 13.2 Å². The van der Waals surface area contributed by atoms with Crippen LogP contribution in [0.2, 0.25) is 0 Å². The van der Waals surface area contributed by atoms with Crippen molar-refractivity contribution in [2.24, 2.45) is 0 Å². The highest BCUT2D eigenvalue weighted by Gasteiger charge is 2.37. The molecule has 0 atom stereocenters. The molecule has 1 aromatic rings. The van der Waals surface area contributed by atoms with Crippen LogP contribution in [0.5, 0.6) is 0 Å². The maximum atomic E-state index is 5.66. The van der Waals surface area contributed by atoms with Crippen molar-refractivity contribution < 1.29 is 9.47 Å². The first-order chi connectivity index (χ1) is 6.27. The molecule has 0 N–H and O–H groups in total. The number of thiophene rings is 1. The lowest BCUT2D eigenvalue weighted by atomic mass is 10.2. The second-order valence-corrected chi connectivity index (χ2v) is 5.37. The SMILES string of the molecule is CCC1(c2ccc(Br)s2)OCCO1. The first-order valence-electron chi connectivity index (χ1n) is 4.30. The number of hydrogen-bond donors (Lipinski definition) is 0. The van der Waals surface area contributed by atoms with Crippen molar-refractivity contribution in [2.45, 2.75) is 19.1 Å². The summed E-state index contributed by atoms with van der Waals surface area (Å²) in [6.45, 7) is 3.48. The van der Waals surface area contributed by atoms with Crippen LogP contribution in [0.1, 0.15) is 18.2 Å². The molecule has 72 valence electrons. The summed E-state index contributed by atoms with van der Waals surface area (Å²) in [7, 11) is 0. The second-order valence-electron chi connectivity index (χ2n) is 2.91. The Bertz CT molecular complexity index is 292. The molecule has 2 nitrogen and oxygen atoms in total. The minimum absolute atomic E-state index is 0.462. The summed E-state index contributed by atoms with van der Waals surface area (Å²) in [5.41, 5.74) is 0. The fraction of sp³-hybridized carbons (Fsp3) is 0.556. The Kier molecular flexibility index (Phi) is 2.74. The van der Waals surface area contributed by atoms with E-state index < -0.39 is 5.79 Å². The molecule has 0 saturated carbocycles. The van der Waals surface area contributed by atoms with Crippen LogP contribution in [0, 0.1) is 0 Å². The largest absolute Gasteiger partial charge is 0.343 e. The predicted molar refractivity (Wildman–Crippen MR) is 55.9 cm³/mol. The Morgan fingerprint density at radius 1 is 1.46 bits per heavy atom. The molecule has 1 aliphatic rings. The molecular weight excluding hydrogens is 252 g/mol. The zero-order valence-electron chi connectivity index (χ0n) is 7.38. The van der Waals surface area contributed by atoms with Gasteiger partial charge in [-0.05, 0) is 28.1 Å². The molecule has 1 saturated heterocycles. The molecular formula is C9H11BrO2S. The third-order valence-electron chi connectivity index (χ3n) is 2.17. The normalized spacial score (nSPS) is 20.8. The van der Waals surface area contributed by atoms with Crippen LogP contribution in [-0.4, -0.2) is 13.2 Å². The molecule has 0 unspecified atom stereocenters. The molecule has 1 aromatic heterocycles. The summed E-state index contributed by atoms with van der Waals surface area (Å²) in [4.78, 5) is 1.15. The summed E-state index contributed by atoms with van der Waals surface area (Å²) >= 11 is 5.12. The van der Waals surface area contributed by atoms with Gasteiger partial charge in [0, 0.05) is 6.42 Å². The molecule has 0 radical (unpaired) electrons. The van der Waals surface area contributed by atoms with E-state index in [-0.39, 0.29) is 0 Å². The van der Waals surface area contributed by atoms with Gasteiger partial charge < -0.3 is 9.47 Å². The second kappa shape index (κ2) is 3.69. The van der Waals surface area contributed by atoms with Crippen LogP contribution >= 0.6 is 27.3 Å². The first kappa shape index (κ1) is 9.65. The Morgan fingerprint density at radius 2 is 2.15 bits per heavy atom. The van der Waals surface area contributed by atoms with Crippen molar-refractivity contribution >= 4 is 27.3 Å². The average Bonchev–Trinajstić information content (AvgIpc) is 2.73. The molecule has 1 aliphatic heterocycles. The maximum absolute atomic E-state index is 5.66. The van der Waals surface area contributed by atoms with Crippen LogP contribution in [0.25, 0.3) is 0 Å². The van der Waals surface area contributed by atoms with Gasteiger partial charge in [0.1, 0.15) is 0 Å². The van der Waals surface area contributed by atoms with E-state index in [1.54, 1.807) is 11.3 Å². The van der Waals surface area contributed by atoms with E-state index in [2.05, 4.69) is 28.9 Å². The highest BCUT2D eigenvalue weighted by Crippen LogP contribution is 2.39. The van der Waals surface area contributed by atoms with E-state index in [1.807, 2.05) is 6.07 Å². The van der Waals surface area contributed by atoms with Crippen LogP contribution in [0.15, 0.2) is 15.9 Å². The zero-order chi connectivity index (χ0) is 9.31. The van der Waals surface area contributed by atoms with E-state index >= 15 is 0 Å². The van der Waals surface area contributed by atoms with Gasteiger partial charge in [-0.15, -0.1) is 11.3 Å². The Labute approximate surface area is 90.0 Å². The van der Waals surface area contributed by atoms with Gasteiger partial charge in [-0.25, -0.2) is 0 Å². The summed E-state index contributed by atoms with van der Waals surface area (Å²) in [6, 6.07) is 4.09. The predicted octanol–water partition coefficient (Wildman–Crippen LogP) is 3.12. The summed E-state index contributed by atoms with van der Waals surface area (Å²) < 4.78 is 12.4. The van der Waals surface area contributed by atoms with Crippen molar-refractivity contribution in [3.05, 3.63) is 20.8 Å². The van der Waals surface area contributed by atoms with Gasteiger partial charge in [0.2, 0.25) is 5.79 Å². The Balaban J connectivity index is 2.30. The zero-order valence-corrected chi connectivity index (χ0v) is 9.78. The van der Waals surface area contributed by atoms with Crippen molar-refractivity contribution in [1.29, 1.82) is 0 Å². The molecule has 2 heterocycles. The molecule has 2 rings (SSSR count). The average molecular weight is 263 g/mol. The molecule has 0 aliphatic carbocycles. The van der Waals surface area contributed by atoms with Crippen molar-refractivity contribution in [3.8, 4) is 0 Å². The molecule has 1 fully saturated rings. The molecule has 4 heteroatoms. The highest BCUT2D eigenvalue weighted by atomic mass is 79.9. The molecule has 0 amide bonds.